The molecule has 0 spiro atoms. The van der Waals surface area contributed by atoms with Gasteiger partial charge in [-0.25, -0.2) is 8.42 Å². The van der Waals surface area contributed by atoms with Crippen LogP contribution in [0.3, 0.4) is 0 Å². The van der Waals surface area contributed by atoms with Gasteiger partial charge in [0.1, 0.15) is 0 Å². The molecular formula is C21H29N3O3S. The first-order valence-corrected chi connectivity index (χ1v) is 11.0. The average molecular weight is 404 g/mol. The number of aryl methyl sites for hydroxylation is 2. The average Bonchev–Trinajstić information content (AvgIpc) is 2.61. The molecule has 0 radical (unpaired) electrons. The van der Waals surface area contributed by atoms with Gasteiger partial charge in [-0.05, 0) is 68.9 Å². The number of nitrogens with one attached hydrogen (secondary N) is 1. The number of rotatable bonds is 8. The van der Waals surface area contributed by atoms with Gasteiger partial charge in [0.05, 0.1) is 18.5 Å². The summed E-state index contributed by atoms with van der Waals surface area (Å²) in [5.41, 5.74) is 4.15. The van der Waals surface area contributed by atoms with E-state index in [9.17, 15) is 13.2 Å². The fraction of sp³-hybridized carbons (Fsp3) is 0.381. The number of hydrogen-bond donors (Lipinski definition) is 1. The van der Waals surface area contributed by atoms with Crippen LogP contribution in [0.15, 0.2) is 42.5 Å². The molecule has 152 valence electrons. The molecule has 0 saturated heterocycles. The summed E-state index contributed by atoms with van der Waals surface area (Å²) in [6.07, 6.45) is 1.20. The zero-order valence-electron chi connectivity index (χ0n) is 17.2. The monoisotopic (exact) mass is 403 g/mol. The van der Waals surface area contributed by atoms with Gasteiger partial charge in [0, 0.05) is 18.7 Å². The van der Waals surface area contributed by atoms with E-state index in [1.807, 2.05) is 51.0 Å². The van der Waals surface area contributed by atoms with Crippen molar-refractivity contribution in [1.29, 1.82) is 0 Å². The molecule has 2 rings (SSSR count). The van der Waals surface area contributed by atoms with E-state index in [2.05, 4.69) is 5.32 Å². The van der Waals surface area contributed by atoms with Gasteiger partial charge in [-0.15, -0.1) is 0 Å². The molecule has 0 saturated carbocycles. The lowest BCUT2D eigenvalue weighted by Gasteiger charge is -2.23. The number of anilines is 1. The second-order valence-electron chi connectivity index (χ2n) is 7.29. The number of amides is 1. The minimum Gasteiger partial charge on any atom is -0.351 e. The van der Waals surface area contributed by atoms with Crippen molar-refractivity contribution in [3.05, 3.63) is 64.7 Å². The van der Waals surface area contributed by atoms with E-state index < -0.39 is 10.0 Å². The SMILES string of the molecule is Cc1ccc(N(Cc2ccc(C(=O)NCCN(C)C)cc2)S(C)(=O)=O)cc1C. The minimum atomic E-state index is -3.44. The minimum absolute atomic E-state index is 0.137. The van der Waals surface area contributed by atoms with Crippen LogP contribution in [-0.2, 0) is 16.6 Å². The first kappa shape index (κ1) is 21.9. The predicted octanol–water partition coefficient (Wildman–Crippen LogP) is 2.56. The summed E-state index contributed by atoms with van der Waals surface area (Å²) in [5.74, 6) is -0.137. The molecule has 2 aromatic rings. The number of likely N-dealkylation sites (N-methyl/N-ethyl adjacent to an activating group) is 1. The molecule has 0 atom stereocenters. The number of carbonyl (C=O) groups is 1. The van der Waals surface area contributed by atoms with Gasteiger partial charge in [0.15, 0.2) is 0 Å². The van der Waals surface area contributed by atoms with E-state index in [1.165, 1.54) is 10.6 Å². The third-order valence-corrected chi connectivity index (χ3v) is 5.71. The molecule has 6 nitrogen and oxygen atoms in total. The Hall–Kier alpha value is -2.38. The molecule has 2 aromatic carbocycles. The molecule has 7 heteroatoms. The molecule has 0 aromatic heterocycles. The summed E-state index contributed by atoms with van der Waals surface area (Å²) < 4.78 is 26.1. The second-order valence-corrected chi connectivity index (χ2v) is 9.20. The summed E-state index contributed by atoms with van der Waals surface area (Å²) in [6.45, 7) is 5.50. The summed E-state index contributed by atoms with van der Waals surface area (Å²) >= 11 is 0. The van der Waals surface area contributed by atoms with Crippen LogP contribution in [0.2, 0.25) is 0 Å². The Bertz CT molecular complexity index is 922. The van der Waals surface area contributed by atoms with Crippen LogP contribution in [0, 0.1) is 13.8 Å². The third-order valence-electron chi connectivity index (χ3n) is 4.57. The van der Waals surface area contributed by atoms with Crippen molar-refractivity contribution in [3.8, 4) is 0 Å². The molecule has 0 aliphatic heterocycles. The zero-order valence-corrected chi connectivity index (χ0v) is 18.0. The van der Waals surface area contributed by atoms with E-state index in [1.54, 1.807) is 24.3 Å². The van der Waals surface area contributed by atoms with Gasteiger partial charge in [0.25, 0.3) is 5.91 Å². The third kappa shape index (κ3) is 6.07. The number of hydrogen-bond acceptors (Lipinski definition) is 4. The highest BCUT2D eigenvalue weighted by atomic mass is 32.2. The van der Waals surface area contributed by atoms with Crippen molar-refractivity contribution in [2.45, 2.75) is 20.4 Å². The predicted molar refractivity (Wildman–Crippen MR) is 114 cm³/mol. The highest BCUT2D eigenvalue weighted by molar-refractivity contribution is 7.92. The Balaban J connectivity index is 2.15. The van der Waals surface area contributed by atoms with Gasteiger partial charge in [-0.3, -0.25) is 9.10 Å². The second kappa shape index (κ2) is 9.21. The molecule has 0 heterocycles. The highest BCUT2D eigenvalue weighted by Gasteiger charge is 2.18. The molecule has 0 fully saturated rings. The summed E-state index contributed by atoms with van der Waals surface area (Å²) in [6, 6.07) is 12.6. The Kier molecular flexibility index (Phi) is 7.21. The quantitative estimate of drug-likeness (QED) is 0.735. The maximum Gasteiger partial charge on any atom is 0.251 e. The van der Waals surface area contributed by atoms with Gasteiger partial charge in [-0.1, -0.05) is 18.2 Å². The Morgan fingerprint density at radius 1 is 1.00 bits per heavy atom. The van der Waals surface area contributed by atoms with E-state index in [0.717, 1.165) is 23.2 Å². The molecule has 0 bridgehead atoms. The van der Waals surface area contributed by atoms with Gasteiger partial charge in [-0.2, -0.15) is 0 Å². The van der Waals surface area contributed by atoms with Gasteiger partial charge in [0.2, 0.25) is 10.0 Å². The van der Waals surface area contributed by atoms with Crippen LogP contribution in [0.4, 0.5) is 5.69 Å². The standard InChI is InChI=1S/C21H29N3O3S/c1-16-6-11-20(14-17(16)2)24(28(5,26)27)15-18-7-9-19(10-8-18)21(25)22-12-13-23(3)4/h6-11,14H,12-13,15H2,1-5H3,(H,22,25). The number of sulfonamides is 1. The molecule has 0 aliphatic carbocycles. The van der Waals surface area contributed by atoms with E-state index >= 15 is 0 Å². The first-order chi connectivity index (χ1) is 13.1. The number of nitrogens with zero attached hydrogens (tertiary/aromatic N) is 2. The van der Waals surface area contributed by atoms with Crippen LogP contribution < -0.4 is 9.62 Å². The Morgan fingerprint density at radius 2 is 1.64 bits per heavy atom. The molecule has 1 amide bonds. The molecule has 0 aliphatic rings. The van der Waals surface area contributed by atoms with Crippen molar-refractivity contribution in [2.24, 2.45) is 0 Å². The Morgan fingerprint density at radius 3 is 2.18 bits per heavy atom. The zero-order chi connectivity index (χ0) is 20.9. The number of carbonyl (C=O) groups excluding carboxylic acids is 1. The van der Waals surface area contributed by atoms with Crippen LogP contribution in [0.5, 0.6) is 0 Å². The Labute approximate surface area is 168 Å². The van der Waals surface area contributed by atoms with Crippen molar-refractivity contribution >= 4 is 21.6 Å². The lowest BCUT2D eigenvalue weighted by Crippen LogP contribution is -2.31. The normalized spacial score (nSPS) is 11.5. The van der Waals surface area contributed by atoms with Gasteiger partial charge >= 0.3 is 0 Å². The lowest BCUT2D eigenvalue weighted by molar-refractivity contribution is 0.0951. The maximum absolute atomic E-state index is 12.3. The van der Waals surface area contributed by atoms with E-state index in [0.29, 0.717) is 17.8 Å². The molecule has 0 unspecified atom stereocenters. The molecule has 28 heavy (non-hydrogen) atoms. The first-order valence-electron chi connectivity index (χ1n) is 9.15. The molecule has 1 N–H and O–H groups in total. The fourth-order valence-corrected chi connectivity index (χ4v) is 3.58. The van der Waals surface area contributed by atoms with Crippen LogP contribution in [0.25, 0.3) is 0 Å². The summed E-state index contributed by atoms with van der Waals surface area (Å²) in [5, 5.41) is 2.87. The largest absolute Gasteiger partial charge is 0.351 e. The van der Waals surface area contributed by atoms with Crippen molar-refractivity contribution in [3.63, 3.8) is 0 Å². The topological polar surface area (TPSA) is 69.7 Å². The maximum atomic E-state index is 12.3. The van der Waals surface area contributed by atoms with Gasteiger partial charge < -0.3 is 10.2 Å². The van der Waals surface area contributed by atoms with Crippen molar-refractivity contribution in [1.82, 2.24) is 10.2 Å². The lowest BCUT2D eigenvalue weighted by atomic mass is 10.1. The van der Waals surface area contributed by atoms with Crippen molar-refractivity contribution in [2.75, 3.05) is 37.7 Å². The summed E-state index contributed by atoms with van der Waals surface area (Å²) in [7, 11) is 0.454. The van der Waals surface area contributed by atoms with Crippen molar-refractivity contribution < 1.29 is 13.2 Å². The smallest absolute Gasteiger partial charge is 0.251 e. The van der Waals surface area contributed by atoms with Crippen LogP contribution in [-0.4, -0.2) is 52.7 Å². The fourth-order valence-electron chi connectivity index (χ4n) is 2.70. The van der Waals surface area contributed by atoms with Crippen LogP contribution >= 0.6 is 0 Å². The van der Waals surface area contributed by atoms with Crippen LogP contribution in [0.1, 0.15) is 27.0 Å². The highest BCUT2D eigenvalue weighted by Crippen LogP contribution is 2.23. The van der Waals surface area contributed by atoms with E-state index in [4.69, 9.17) is 0 Å². The number of benzene rings is 2. The van der Waals surface area contributed by atoms with E-state index in [-0.39, 0.29) is 12.5 Å². The molecular weight excluding hydrogens is 374 g/mol. The summed E-state index contributed by atoms with van der Waals surface area (Å²) in [4.78, 5) is 14.2.